The van der Waals surface area contributed by atoms with Crippen molar-refractivity contribution in [1.82, 2.24) is 16.2 Å². The van der Waals surface area contributed by atoms with Gasteiger partial charge in [0.05, 0.1) is 7.11 Å². The van der Waals surface area contributed by atoms with Gasteiger partial charge >= 0.3 is 0 Å². The largest absolute Gasteiger partial charge is 0.497 e. The third kappa shape index (κ3) is 6.89. The van der Waals surface area contributed by atoms with E-state index in [2.05, 4.69) is 21.5 Å². The van der Waals surface area contributed by atoms with Crippen LogP contribution in [0.1, 0.15) is 40.5 Å². The Morgan fingerprint density at radius 1 is 0.897 bits per heavy atom. The number of ether oxygens (including phenoxy) is 1. The molecule has 152 valence electrons. The maximum atomic E-state index is 12.2. The van der Waals surface area contributed by atoms with Crippen molar-refractivity contribution in [3.8, 4) is 5.75 Å². The van der Waals surface area contributed by atoms with Gasteiger partial charge in [0.15, 0.2) is 5.11 Å². The second-order valence-corrected chi connectivity index (χ2v) is 6.37. The number of rotatable bonds is 6. The van der Waals surface area contributed by atoms with Gasteiger partial charge in [-0.3, -0.25) is 30.6 Å². The summed E-state index contributed by atoms with van der Waals surface area (Å²) in [6.07, 6.45) is 1.19. The van der Waals surface area contributed by atoms with E-state index in [0.29, 0.717) is 29.0 Å². The summed E-state index contributed by atoms with van der Waals surface area (Å²) in [6, 6.07) is 12.9. The number of nitrogens with one attached hydrogen (secondary N) is 4. The van der Waals surface area contributed by atoms with Crippen molar-refractivity contribution in [3.05, 3.63) is 59.7 Å². The minimum atomic E-state index is -0.447. The second kappa shape index (κ2) is 10.8. The molecule has 8 nitrogen and oxygen atoms in total. The number of methoxy groups -OCH3 is 1. The molecule has 2 rings (SSSR count). The van der Waals surface area contributed by atoms with E-state index in [1.54, 1.807) is 48.5 Å². The van der Waals surface area contributed by atoms with Crippen LogP contribution in [-0.4, -0.2) is 29.9 Å². The first-order chi connectivity index (χ1) is 13.9. The fourth-order valence-electron chi connectivity index (χ4n) is 2.29. The number of hydrogen-bond acceptors (Lipinski definition) is 5. The first-order valence-corrected chi connectivity index (χ1v) is 9.29. The molecule has 0 unspecified atom stereocenters. The minimum absolute atomic E-state index is 0.0531. The monoisotopic (exact) mass is 414 g/mol. The van der Waals surface area contributed by atoms with Gasteiger partial charge < -0.3 is 10.1 Å². The van der Waals surface area contributed by atoms with Crippen LogP contribution in [0, 0.1) is 0 Å². The zero-order valence-electron chi connectivity index (χ0n) is 16.1. The van der Waals surface area contributed by atoms with Crippen LogP contribution in [0.5, 0.6) is 5.75 Å². The van der Waals surface area contributed by atoms with Crippen LogP contribution in [0.4, 0.5) is 5.69 Å². The first kappa shape index (κ1) is 21.8. The Kier molecular flexibility index (Phi) is 8.11. The number of anilines is 1. The summed E-state index contributed by atoms with van der Waals surface area (Å²) >= 11 is 5.01. The van der Waals surface area contributed by atoms with Crippen molar-refractivity contribution in [2.45, 2.75) is 19.8 Å². The molecule has 0 saturated heterocycles. The normalized spacial score (nSPS) is 9.86. The van der Waals surface area contributed by atoms with Gasteiger partial charge in [0.25, 0.3) is 11.8 Å². The Labute approximate surface area is 174 Å². The lowest BCUT2D eigenvalue weighted by Crippen LogP contribution is -2.48. The van der Waals surface area contributed by atoms with Crippen molar-refractivity contribution in [2.75, 3.05) is 12.4 Å². The number of hydrazine groups is 1. The van der Waals surface area contributed by atoms with Crippen molar-refractivity contribution >= 4 is 40.7 Å². The molecule has 0 bridgehead atoms. The molecule has 0 aliphatic rings. The zero-order chi connectivity index (χ0) is 21.2. The van der Waals surface area contributed by atoms with E-state index in [-0.39, 0.29) is 11.0 Å². The number of thiocarbonyl (C=S) groups is 1. The van der Waals surface area contributed by atoms with E-state index >= 15 is 0 Å². The van der Waals surface area contributed by atoms with Crippen molar-refractivity contribution in [2.24, 2.45) is 0 Å². The van der Waals surface area contributed by atoms with Gasteiger partial charge in [-0.25, -0.2) is 0 Å². The van der Waals surface area contributed by atoms with Crippen LogP contribution in [-0.2, 0) is 4.79 Å². The lowest BCUT2D eigenvalue weighted by Gasteiger charge is -2.11. The second-order valence-electron chi connectivity index (χ2n) is 5.97. The molecule has 0 saturated carbocycles. The quantitative estimate of drug-likeness (QED) is 0.427. The first-order valence-electron chi connectivity index (χ1n) is 8.88. The summed E-state index contributed by atoms with van der Waals surface area (Å²) in [5.41, 5.74) is 6.23. The fraction of sp³-hybridized carbons (Fsp3) is 0.200. The molecule has 0 heterocycles. The van der Waals surface area contributed by atoms with Crippen molar-refractivity contribution in [3.63, 3.8) is 0 Å². The molecule has 2 aromatic carbocycles. The Hall–Kier alpha value is -3.46. The lowest BCUT2D eigenvalue weighted by molar-refractivity contribution is -0.116. The van der Waals surface area contributed by atoms with Gasteiger partial charge in [-0.2, -0.15) is 0 Å². The highest BCUT2D eigenvalue weighted by Crippen LogP contribution is 2.11. The van der Waals surface area contributed by atoms with Crippen molar-refractivity contribution < 1.29 is 19.1 Å². The van der Waals surface area contributed by atoms with Gasteiger partial charge in [-0.15, -0.1) is 0 Å². The summed E-state index contributed by atoms with van der Waals surface area (Å²) in [5, 5.41) is 5.15. The predicted molar refractivity (Wildman–Crippen MR) is 114 cm³/mol. The fourth-order valence-corrected chi connectivity index (χ4v) is 2.43. The summed E-state index contributed by atoms with van der Waals surface area (Å²) in [5.74, 6) is -0.321. The van der Waals surface area contributed by atoms with Crippen LogP contribution in [0.25, 0.3) is 0 Å². The average molecular weight is 414 g/mol. The molecule has 0 aliphatic carbocycles. The third-order valence-corrected chi connectivity index (χ3v) is 3.98. The van der Waals surface area contributed by atoms with Crippen LogP contribution >= 0.6 is 12.2 Å². The molecule has 3 amide bonds. The zero-order valence-corrected chi connectivity index (χ0v) is 16.9. The van der Waals surface area contributed by atoms with E-state index in [1.807, 2.05) is 6.92 Å². The highest BCUT2D eigenvalue weighted by atomic mass is 32.1. The topological polar surface area (TPSA) is 109 Å². The molecule has 0 spiro atoms. The van der Waals surface area contributed by atoms with E-state index in [1.165, 1.54) is 7.11 Å². The van der Waals surface area contributed by atoms with E-state index in [9.17, 15) is 14.4 Å². The van der Waals surface area contributed by atoms with Crippen molar-refractivity contribution in [1.29, 1.82) is 0 Å². The Morgan fingerprint density at radius 3 is 2.07 bits per heavy atom. The van der Waals surface area contributed by atoms with Crippen LogP contribution in [0.2, 0.25) is 0 Å². The molecular formula is C20H22N4O4S. The maximum Gasteiger partial charge on any atom is 0.269 e. The van der Waals surface area contributed by atoms with E-state index in [0.717, 1.165) is 6.42 Å². The highest BCUT2D eigenvalue weighted by Gasteiger charge is 2.10. The molecule has 0 fully saturated rings. The molecule has 0 aliphatic heterocycles. The van der Waals surface area contributed by atoms with Crippen LogP contribution in [0.15, 0.2) is 48.5 Å². The smallest absolute Gasteiger partial charge is 0.269 e. The van der Waals surface area contributed by atoms with Crippen LogP contribution in [0.3, 0.4) is 0 Å². The molecule has 0 atom stereocenters. The molecule has 0 aromatic heterocycles. The summed E-state index contributed by atoms with van der Waals surface area (Å²) < 4.78 is 5.04. The number of carbonyl (C=O) groups is 3. The highest BCUT2D eigenvalue weighted by molar-refractivity contribution is 7.80. The average Bonchev–Trinajstić information content (AvgIpc) is 2.72. The lowest BCUT2D eigenvalue weighted by atomic mass is 10.2. The van der Waals surface area contributed by atoms with Gasteiger partial charge in [0.2, 0.25) is 5.91 Å². The van der Waals surface area contributed by atoms with Gasteiger partial charge in [-0.05, 0) is 67.2 Å². The van der Waals surface area contributed by atoms with Gasteiger partial charge in [0.1, 0.15) is 5.75 Å². The van der Waals surface area contributed by atoms with E-state index < -0.39 is 11.8 Å². The molecule has 0 radical (unpaired) electrons. The summed E-state index contributed by atoms with van der Waals surface area (Å²) in [6.45, 7) is 1.92. The number of hydrogen-bond donors (Lipinski definition) is 4. The Morgan fingerprint density at radius 2 is 1.48 bits per heavy atom. The number of amides is 3. The molecule has 29 heavy (non-hydrogen) atoms. The number of carbonyl (C=O) groups excluding carboxylic acids is 3. The van der Waals surface area contributed by atoms with Gasteiger partial charge in [-0.1, -0.05) is 6.92 Å². The molecule has 9 heteroatoms. The molecular weight excluding hydrogens is 392 g/mol. The molecule has 4 N–H and O–H groups in total. The molecule has 2 aromatic rings. The minimum Gasteiger partial charge on any atom is -0.497 e. The Bertz CT molecular complexity index is 882. The van der Waals surface area contributed by atoms with E-state index in [4.69, 9.17) is 17.0 Å². The predicted octanol–water partition coefficient (Wildman–Crippen LogP) is 2.38. The number of benzene rings is 2. The SMILES string of the molecule is CCCC(=O)Nc1ccc(C(=O)NNC(=S)NC(=O)c2ccc(OC)cc2)cc1. The Balaban J connectivity index is 1.82. The maximum absolute atomic E-state index is 12.2. The summed E-state index contributed by atoms with van der Waals surface area (Å²) in [7, 11) is 1.53. The third-order valence-electron chi connectivity index (χ3n) is 3.78. The standard InChI is InChI=1S/C20H22N4O4S/c1-3-4-17(25)21-15-9-5-14(6-10-15)19(27)23-24-20(29)22-18(26)13-7-11-16(28-2)12-8-13/h5-12H,3-4H2,1-2H3,(H,21,25)(H,23,27)(H2,22,24,26,29). The van der Waals surface area contributed by atoms with Crippen LogP contribution < -0.4 is 26.2 Å². The van der Waals surface area contributed by atoms with Gasteiger partial charge in [0, 0.05) is 23.2 Å². The summed E-state index contributed by atoms with van der Waals surface area (Å²) in [4.78, 5) is 35.9.